The lowest BCUT2D eigenvalue weighted by atomic mass is 10.1. The Hall–Kier alpha value is -3.27. The van der Waals surface area contributed by atoms with Crippen LogP contribution in [0.25, 0.3) is 0 Å². The molecule has 0 aromatic heterocycles. The Labute approximate surface area is 212 Å². The van der Waals surface area contributed by atoms with Gasteiger partial charge in [0.2, 0.25) is 10.0 Å². The number of sulfonamides is 1. The van der Waals surface area contributed by atoms with Gasteiger partial charge in [-0.1, -0.05) is 49.4 Å². The van der Waals surface area contributed by atoms with E-state index in [0.717, 1.165) is 25.2 Å². The molecular weight excluding hydrogens is 479 g/mol. The average molecular weight is 511 g/mol. The first-order chi connectivity index (χ1) is 17.3. The zero-order valence-electron chi connectivity index (χ0n) is 20.4. The topological polar surface area (TPSA) is 81.8 Å². The molecule has 0 saturated carbocycles. The summed E-state index contributed by atoms with van der Waals surface area (Å²) in [4.78, 5) is 17.1. The minimum atomic E-state index is -3.97. The van der Waals surface area contributed by atoms with Crippen LogP contribution >= 0.6 is 0 Å². The second kappa shape index (κ2) is 11.2. The van der Waals surface area contributed by atoms with Crippen molar-refractivity contribution in [1.82, 2.24) is 9.62 Å². The van der Waals surface area contributed by atoms with E-state index in [4.69, 9.17) is 0 Å². The van der Waals surface area contributed by atoms with Crippen molar-refractivity contribution in [3.63, 3.8) is 0 Å². The summed E-state index contributed by atoms with van der Waals surface area (Å²) in [5.41, 5.74) is 1.56. The highest BCUT2D eigenvalue weighted by molar-refractivity contribution is 7.89. The van der Waals surface area contributed by atoms with E-state index < -0.39 is 27.8 Å². The predicted molar refractivity (Wildman–Crippen MR) is 140 cm³/mol. The van der Waals surface area contributed by atoms with Crippen molar-refractivity contribution in [2.45, 2.75) is 24.8 Å². The van der Waals surface area contributed by atoms with Gasteiger partial charge in [0.05, 0.1) is 11.3 Å². The van der Waals surface area contributed by atoms with Crippen LogP contribution in [-0.2, 0) is 10.0 Å². The van der Waals surface area contributed by atoms with Crippen LogP contribution in [0.1, 0.15) is 35.8 Å². The Morgan fingerprint density at radius 3 is 2.31 bits per heavy atom. The van der Waals surface area contributed by atoms with E-state index >= 15 is 0 Å². The second-order valence-electron chi connectivity index (χ2n) is 8.79. The SMILES string of the molecule is CCN1CCN(c2ccc(NC(=O)c3ccccc3F)cc2S(=O)(=O)NC(C)c2ccccc2)CC1. The average Bonchev–Trinajstić information content (AvgIpc) is 2.89. The molecule has 0 bridgehead atoms. The Morgan fingerprint density at radius 1 is 0.972 bits per heavy atom. The number of nitrogens with one attached hydrogen (secondary N) is 2. The van der Waals surface area contributed by atoms with Gasteiger partial charge in [0, 0.05) is 37.9 Å². The minimum Gasteiger partial charge on any atom is -0.368 e. The number of anilines is 2. The van der Waals surface area contributed by atoms with Crippen molar-refractivity contribution in [2.24, 2.45) is 0 Å². The quantitative estimate of drug-likeness (QED) is 0.473. The smallest absolute Gasteiger partial charge is 0.258 e. The molecule has 2 N–H and O–H groups in total. The predicted octanol–water partition coefficient (Wildman–Crippen LogP) is 4.26. The summed E-state index contributed by atoms with van der Waals surface area (Å²) in [6.45, 7) is 7.86. The highest BCUT2D eigenvalue weighted by Gasteiger charge is 2.27. The van der Waals surface area contributed by atoms with Gasteiger partial charge in [-0.2, -0.15) is 0 Å². The highest BCUT2D eigenvalue weighted by atomic mass is 32.2. The van der Waals surface area contributed by atoms with E-state index in [1.54, 1.807) is 25.1 Å². The Balaban J connectivity index is 1.66. The molecule has 1 aliphatic heterocycles. The number of piperazine rings is 1. The molecule has 0 aliphatic carbocycles. The molecule has 4 rings (SSSR count). The van der Waals surface area contributed by atoms with E-state index in [9.17, 15) is 17.6 Å². The van der Waals surface area contributed by atoms with E-state index in [2.05, 4.69) is 26.8 Å². The van der Waals surface area contributed by atoms with Gasteiger partial charge in [0.25, 0.3) is 5.91 Å². The lowest BCUT2D eigenvalue weighted by Gasteiger charge is -2.36. The second-order valence-corrected chi connectivity index (χ2v) is 10.5. The number of halogens is 1. The van der Waals surface area contributed by atoms with Crippen LogP contribution < -0.4 is 14.9 Å². The highest BCUT2D eigenvalue weighted by Crippen LogP contribution is 2.31. The number of carbonyl (C=O) groups is 1. The summed E-state index contributed by atoms with van der Waals surface area (Å²) in [6.07, 6.45) is 0. The van der Waals surface area contributed by atoms with Gasteiger partial charge in [-0.25, -0.2) is 17.5 Å². The first-order valence-corrected chi connectivity index (χ1v) is 13.5. The monoisotopic (exact) mass is 510 g/mol. The molecule has 36 heavy (non-hydrogen) atoms. The van der Waals surface area contributed by atoms with Crippen molar-refractivity contribution < 1.29 is 17.6 Å². The molecule has 190 valence electrons. The van der Waals surface area contributed by atoms with Crippen LogP contribution in [0.15, 0.2) is 77.7 Å². The summed E-state index contributed by atoms with van der Waals surface area (Å²) < 4.78 is 44.2. The third-order valence-corrected chi connectivity index (χ3v) is 7.99. The van der Waals surface area contributed by atoms with Crippen molar-refractivity contribution in [1.29, 1.82) is 0 Å². The van der Waals surface area contributed by atoms with Gasteiger partial charge in [-0.15, -0.1) is 0 Å². The van der Waals surface area contributed by atoms with Crippen LogP contribution in [-0.4, -0.2) is 51.9 Å². The standard InChI is InChI=1S/C27H31FN4O3S/c1-3-31-15-17-32(18-16-31)25-14-13-22(29-27(33)23-11-7-8-12-24(23)28)19-26(25)36(34,35)30-20(2)21-9-5-4-6-10-21/h4-14,19-20,30H,3,15-18H2,1-2H3,(H,29,33). The summed E-state index contributed by atoms with van der Waals surface area (Å²) in [5, 5.41) is 2.64. The van der Waals surface area contributed by atoms with Crippen molar-refractivity contribution in [3.8, 4) is 0 Å². The molecule has 0 radical (unpaired) electrons. The molecule has 3 aromatic rings. The van der Waals surface area contributed by atoms with E-state index in [-0.39, 0.29) is 16.1 Å². The molecule has 1 unspecified atom stereocenters. The molecule has 1 amide bonds. The Morgan fingerprint density at radius 2 is 1.64 bits per heavy atom. The number of carbonyl (C=O) groups excluding carboxylic acids is 1. The number of amides is 1. The number of hydrogen-bond donors (Lipinski definition) is 2. The summed E-state index contributed by atoms with van der Waals surface area (Å²) in [7, 11) is -3.97. The van der Waals surface area contributed by atoms with Crippen LogP contribution in [0.5, 0.6) is 0 Å². The maximum absolute atomic E-state index is 14.1. The molecule has 1 heterocycles. The molecule has 9 heteroatoms. The van der Waals surface area contributed by atoms with Gasteiger partial charge in [0.15, 0.2) is 0 Å². The van der Waals surface area contributed by atoms with Crippen LogP contribution in [0, 0.1) is 5.82 Å². The third-order valence-electron chi connectivity index (χ3n) is 6.42. The lowest BCUT2D eigenvalue weighted by molar-refractivity contribution is 0.102. The van der Waals surface area contributed by atoms with E-state index in [1.165, 1.54) is 24.3 Å². The summed E-state index contributed by atoms with van der Waals surface area (Å²) >= 11 is 0. The van der Waals surface area contributed by atoms with Gasteiger partial charge >= 0.3 is 0 Å². The lowest BCUT2D eigenvalue weighted by Crippen LogP contribution is -2.46. The maximum Gasteiger partial charge on any atom is 0.258 e. The van der Waals surface area contributed by atoms with Crippen molar-refractivity contribution in [3.05, 3.63) is 89.7 Å². The van der Waals surface area contributed by atoms with Crippen molar-refractivity contribution >= 4 is 27.3 Å². The minimum absolute atomic E-state index is 0.0709. The normalized spacial score (nSPS) is 15.5. The number of nitrogens with zero attached hydrogens (tertiary/aromatic N) is 2. The molecule has 0 spiro atoms. The first kappa shape index (κ1) is 25.8. The molecule has 1 aliphatic rings. The van der Waals surface area contributed by atoms with Gasteiger partial charge in [0.1, 0.15) is 10.7 Å². The van der Waals surface area contributed by atoms with Crippen LogP contribution in [0.2, 0.25) is 0 Å². The van der Waals surface area contributed by atoms with Crippen LogP contribution in [0.3, 0.4) is 0 Å². The largest absolute Gasteiger partial charge is 0.368 e. The fourth-order valence-electron chi connectivity index (χ4n) is 4.32. The van der Waals surface area contributed by atoms with Gasteiger partial charge in [-0.3, -0.25) is 4.79 Å². The molecule has 7 nitrogen and oxygen atoms in total. The molecule has 1 saturated heterocycles. The van der Waals surface area contributed by atoms with Crippen molar-refractivity contribution in [2.75, 3.05) is 42.9 Å². The first-order valence-electron chi connectivity index (χ1n) is 12.0. The maximum atomic E-state index is 14.1. The molecule has 3 aromatic carbocycles. The number of benzene rings is 3. The number of likely N-dealkylation sites (N-methyl/N-ethyl adjacent to an activating group) is 1. The number of hydrogen-bond acceptors (Lipinski definition) is 5. The summed E-state index contributed by atoms with van der Waals surface area (Å²) in [6, 6.07) is 19.3. The Bertz CT molecular complexity index is 1310. The fraction of sp³-hybridized carbons (Fsp3) is 0.296. The molecule has 1 fully saturated rings. The van der Waals surface area contributed by atoms with E-state index in [0.29, 0.717) is 18.8 Å². The molecule has 1 atom stereocenters. The number of rotatable bonds is 8. The van der Waals surface area contributed by atoms with Gasteiger partial charge < -0.3 is 15.1 Å². The van der Waals surface area contributed by atoms with E-state index in [1.807, 2.05) is 30.3 Å². The third kappa shape index (κ3) is 5.92. The fourth-order valence-corrected chi connectivity index (χ4v) is 5.81. The molecular formula is C27H31FN4O3S. The zero-order chi connectivity index (χ0) is 25.7. The van der Waals surface area contributed by atoms with Gasteiger partial charge in [-0.05, 0) is 49.4 Å². The summed E-state index contributed by atoms with van der Waals surface area (Å²) in [5.74, 6) is -1.29. The Kier molecular flexibility index (Phi) is 8.03. The van der Waals surface area contributed by atoms with Crippen LogP contribution in [0.4, 0.5) is 15.8 Å². The zero-order valence-corrected chi connectivity index (χ0v) is 21.3.